The SMILES string of the molecule is CCC(C)C(N)C(=O)NC(CC(C)C)C(=O)NC(Cc1ccc(O)cc1)C(=O)NC(CCC(N)=O)C(=O)O. The van der Waals surface area contributed by atoms with Gasteiger partial charge in [0.1, 0.15) is 23.9 Å². The van der Waals surface area contributed by atoms with Crippen molar-refractivity contribution in [3.63, 3.8) is 0 Å². The molecular formula is C26H41N5O7. The lowest BCUT2D eigenvalue weighted by molar-refractivity contribution is -0.142. The van der Waals surface area contributed by atoms with Gasteiger partial charge in [-0.2, -0.15) is 0 Å². The fraction of sp³-hybridized carbons (Fsp3) is 0.577. The van der Waals surface area contributed by atoms with Gasteiger partial charge in [-0.05, 0) is 42.4 Å². The molecule has 0 saturated carbocycles. The third-order valence-corrected chi connectivity index (χ3v) is 6.20. The lowest BCUT2D eigenvalue weighted by Crippen LogP contribution is -2.58. The smallest absolute Gasteiger partial charge is 0.326 e. The van der Waals surface area contributed by atoms with Crippen molar-refractivity contribution >= 4 is 29.6 Å². The van der Waals surface area contributed by atoms with Gasteiger partial charge in [-0.25, -0.2) is 4.79 Å². The summed E-state index contributed by atoms with van der Waals surface area (Å²) in [5, 5.41) is 26.7. The zero-order chi connectivity index (χ0) is 29.0. The standard InChI is InChI=1S/C26H41N5O7/c1-5-15(4)22(28)25(36)31-19(12-14(2)3)23(34)30-20(13-16-6-8-17(32)9-7-16)24(35)29-18(26(37)38)10-11-21(27)33/h6-9,14-15,18-20,22,32H,5,10-13,28H2,1-4H3,(H2,27,33)(H,29,35)(H,30,34)(H,31,36)(H,37,38). The first-order valence-electron chi connectivity index (χ1n) is 12.7. The number of phenols is 1. The largest absolute Gasteiger partial charge is 0.508 e. The maximum atomic E-state index is 13.3. The molecule has 0 spiro atoms. The number of amides is 4. The molecule has 1 rings (SSSR count). The van der Waals surface area contributed by atoms with Crippen molar-refractivity contribution in [2.75, 3.05) is 0 Å². The van der Waals surface area contributed by atoms with Gasteiger partial charge in [0.2, 0.25) is 23.6 Å². The van der Waals surface area contributed by atoms with Gasteiger partial charge >= 0.3 is 5.97 Å². The Morgan fingerprint density at radius 2 is 1.39 bits per heavy atom. The zero-order valence-corrected chi connectivity index (χ0v) is 22.4. The Bertz CT molecular complexity index is 967. The van der Waals surface area contributed by atoms with Crippen molar-refractivity contribution in [3.8, 4) is 5.75 Å². The molecule has 5 unspecified atom stereocenters. The van der Waals surface area contributed by atoms with Gasteiger partial charge in [0.25, 0.3) is 0 Å². The number of hydrogen-bond donors (Lipinski definition) is 7. The van der Waals surface area contributed by atoms with Crippen LogP contribution in [-0.4, -0.2) is 64.0 Å². The number of carbonyl (C=O) groups excluding carboxylic acids is 4. The summed E-state index contributed by atoms with van der Waals surface area (Å²) in [6.45, 7) is 7.48. The van der Waals surface area contributed by atoms with Crippen molar-refractivity contribution in [1.82, 2.24) is 16.0 Å². The molecule has 0 bridgehead atoms. The summed E-state index contributed by atoms with van der Waals surface area (Å²) < 4.78 is 0. The van der Waals surface area contributed by atoms with E-state index in [2.05, 4.69) is 16.0 Å². The number of aliphatic carboxylic acids is 1. The lowest BCUT2D eigenvalue weighted by atomic mass is 9.97. The summed E-state index contributed by atoms with van der Waals surface area (Å²) in [5.74, 6) is -4.09. The number of aromatic hydroxyl groups is 1. The molecular weight excluding hydrogens is 494 g/mol. The van der Waals surface area contributed by atoms with Gasteiger partial charge in [0.05, 0.1) is 6.04 Å². The quantitative estimate of drug-likeness (QED) is 0.154. The van der Waals surface area contributed by atoms with Crippen LogP contribution in [0.25, 0.3) is 0 Å². The van der Waals surface area contributed by atoms with Gasteiger partial charge in [0.15, 0.2) is 0 Å². The number of phenolic OH excluding ortho intramolecular Hbond substituents is 1. The van der Waals surface area contributed by atoms with Crippen molar-refractivity contribution in [3.05, 3.63) is 29.8 Å². The molecule has 12 nitrogen and oxygen atoms in total. The molecule has 0 aliphatic rings. The minimum atomic E-state index is -1.41. The van der Waals surface area contributed by atoms with E-state index in [1.165, 1.54) is 12.1 Å². The number of benzene rings is 1. The fourth-order valence-corrected chi connectivity index (χ4v) is 3.65. The number of primary amides is 1. The average molecular weight is 536 g/mol. The highest BCUT2D eigenvalue weighted by molar-refractivity contribution is 5.94. The molecule has 0 aliphatic carbocycles. The van der Waals surface area contributed by atoms with Crippen molar-refractivity contribution < 1.29 is 34.2 Å². The monoisotopic (exact) mass is 535 g/mol. The van der Waals surface area contributed by atoms with Crippen LogP contribution in [0.15, 0.2) is 24.3 Å². The summed E-state index contributed by atoms with van der Waals surface area (Å²) in [7, 11) is 0. The predicted molar refractivity (Wildman–Crippen MR) is 141 cm³/mol. The molecule has 0 aliphatic heterocycles. The molecule has 0 aromatic heterocycles. The molecule has 12 heteroatoms. The van der Waals surface area contributed by atoms with Crippen LogP contribution < -0.4 is 27.4 Å². The van der Waals surface area contributed by atoms with Crippen molar-refractivity contribution in [1.29, 1.82) is 0 Å². The molecule has 212 valence electrons. The van der Waals surface area contributed by atoms with Crippen LogP contribution in [0.2, 0.25) is 0 Å². The number of nitrogens with two attached hydrogens (primary N) is 2. The van der Waals surface area contributed by atoms with Crippen LogP contribution in [0, 0.1) is 11.8 Å². The van der Waals surface area contributed by atoms with E-state index in [0.29, 0.717) is 12.0 Å². The molecule has 4 amide bonds. The summed E-state index contributed by atoms with van der Waals surface area (Å²) in [6, 6.07) is 1.50. The van der Waals surface area contributed by atoms with E-state index < -0.39 is 53.8 Å². The highest BCUT2D eigenvalue weighted by Crippen LogP contribution is 2.13. The minimum Gasteiger partial charge on any atom is -0.508 e. The van der Waals surface area contributed by atoms with Gasteiger partial charge in [-0.3, -0.25) is 19.2 Å². The number of nitrogens with one attached hydrogen (secondary N) is 3. The Morgan fingerprint density at radius 1 is 0.868 bits per heavy atom. The second-order valence-electron chi connectivity index (χ2n) is 9.94. The van der Waals surface area contributed by atoms with Crippen molar-refractivity contribution in [2.24, 2.45) is 23.3 Å². The van der Waals surface area contributed by atoms with Crippen LogP contribution in [0.5, 0.6) is 5.75 Å². The maximum Gasteiger partial charge on any atom is 0.326 e. The molecule has 0 heterocycles. The predicted octanol–water partition coefficient (Wildman–Crippen LogP) is 0.159. The number of carbonyl (C=O) groups is 5. The van der Waals surface area contributed by atoms with Crippen LogP contribution >= 0.6 is 0 Å². The van der Waals surface area contributed by atoms with Crippen LogP contribution in [0.3, 0.4) is 0 Å². The second kappa shape index (κ2) is 15.6. The number of hydrogen-bond acceptors (Lipinski definition) is 7. The molecule has 38 heavy (non-hydrogen) atoms. The van der Waals surface area contributed by atoms with E-state index in [-0.39, 0.29) is 43.3 Å². The van der Waals surface area contributed by atoms with Gasteiger partial charge in [0, 0.05) is 12.8 Å². The third kappa shape index (κ3) is 11.2. The first-order valence-corrected chi connectivity index (χ1v) is 12.7. The Labute approximate surface area is 222 Å². The topological polar surface area (TPSA) is 214 Å². The number of carboxylic acid groups (broad SMARTS) is 1. The minimum absolute atomic E-state index is 0.00790. The Balaban J connectivity index is 3.18. The molecule has 0 saturated heterocycles. The van der Waals surface area contributed by atoms with Crippen LogP contribution in [0.4, 0.5) is 0 Å². The lowest BCUT2D eigenvalue weighted by Gasteiger charge is -2.27. The Hall–Kier alpha value is -3.67. The molecule has 0 radical (unpaired) electrons. The molecule has 0 fully saturated rings. The van der Waals surface area contributed by atoms with E-state index in [0.717, 1.165) is 0 Å². The summed E-state index contributed by atoms with van der Waals surface area (Å²) in [6.07, 6.45) is 0.426. The normalized spacial score (nSPS) is 15.0. The van der Waals surface area contributed by atoms with E-state index in [1.54, 1.807) is 12.1 Å². The first-order chi connectivity index (χ1) is 17.7. The Kier molecular flexibility index (Phi) is 13.2. The van der Waals surface area contributed by atoms with Gasteiger partial charge in [-0.15, -0.1) is 0 Å². The molecule has 1 aromatic rings. The van der Waals surface area contributed by atoms with Crippen molar-refractivity contribution in [2.45, 2.75) is 84.0 Å². The van der Waals surface area contributed by atoms with E-state index in [4.69, 9.17) is 11.5 Å². The molecule has 9 N–H and O–H groups in total. The molecule has 5 atom stereocenters. The second-order valence-corrected chi connectivity index (χ2v) is 9.94. The Morgan fingerprint density at radius 3 is 1.89 bits per heavy atom. The van der Waals surface area contributed by atoms with Crippen LogP contribution in [0.1, 0.15) is 58.9 Å². The number of rotatable bonds is 16. The first kappa shape index (κ1) is 32.4. The average Bonchev–Trinajstić information content (AvgIpc) is 2.85. The fourth-order valence-electron chi connectivity index (χ4n) is 3.65. The third-order valence-electron chi connectivity index (χ3n) is 6.20. The maximum absolute atomic E-state index is 13.3. The highest BCUT2D eigenvalue weighted by Gasteiger charge is 2.31. The van der Waals surface area contributed by atoms with Crippen LogP contribution in [-0.2, 0) is 30.4 Å². The number of carboxylic acids is 1. The zero-order valence-electron chi connectivity index (χ0n) is 22.4. The van der Waals surface area contributed by atoms with E-state index in [1.807, 2.05) is 27.7 Å². The van der Waals surface area contributed by atoms with Gasteiger partial charge in [-0.1, -0.05) is 46.2 Å². The summed E-state index contributed by atoms with van der Waals surface area (Å²) in [5.41, 5.74) is 11.7. The van der Waals surface area contributed by atoms with Gasteiger partial charge < -0.3 is 37.6 Å². The summed E-state index contributed by atoms with van der Waals surface area (Å²) >= 11 is 0. The summed E-state index contributed by atoms with van der Waals surface area (Å²) in [4.78, 5) is 61.9. The van der Waals surface area contributed by atoms with E-state index >= 15 is 0 Å². The molecule has 1 aromatic carbocycles. The highest BCUT2D eigenvalue weighted by atomic mass is 16.4. The van der Waals surface area contributed by atoms with E-state index in [9.17, 15) is 34.2 Å².